The molecule has 2 atom stereocenters. The maximum Gasteiger partial charge on any atom is 0.245 e. The highest BCUT2D eigenvalue weighted by atomic mass is 35.5. The highest BCUT2D eigenvalue weighted by molar-refractivity contribution is 5.90. The van der Waals surface area contributed by atoms with Gasteiger partial charge in [-0.25, -0.2) is 0 Å². The number of hydrogen-bond acceptors (Lipinski definition) is 4. The first-order valence-electron chi connectivity index (χ1n) is 6.04. The molecule has 0 bridgehead atoms. The van der Waals surface area contributed by atoms with Gasteiger partial charge in [0.25, 0.3) is 0 Å². The van der Waals surface area contributed by atoms with Crippen molar-refractivity contribution >= 4 is 24.2 Å². The smallest absolute Gasteiger partial charge is 0.245 e. The molecule has 0 aromatic carbocycles. The van der Waals surface area contributed by atoms with E-state index in [9.17, 15) is 9.59 Å². The first-order chi connectivity index (χ1) is 8.11. The number of morpholine rings is 1. The second-order valence-corrected chi connectivity index (χ2v) is 4.54. The first kappa shape index (κ1) is 15.2. The van der Waals surface area contributed by atoms with Gasteiger partial charge in [0.15, 0.2) is 0 Å². The third-order valence-electron chi connectivity index (χ3n) is 3.43. The normalized spacial score (nSPS) is 25.9. The fourth-order valence-electron chi connectivity index (χ4n) is 2.29. The number of amides is 2. The number of hydrogen-bond donors (Lipinski definition) is 1. The molecule has 18 heavy (non-hydrogen) atoms. The molecule has 7 heteroatoms. The number of likely N-dealkylation sites (tertiary alicyclic amines) is 1. The Morgan fingerprint density at radius 3 is 2.50 bits per heavy atom. The van der Waals surface area contributed by atoms with Crippen LogP contribution in [0.5, 0.6) is 0 Å². The zero-order valence-corrected chi connectivity index (χ0v) is 11.3. The van der Waals surface area contributed by atoms with Crippen LogP contribution in [0.25, 0.3) is 0 Å². The third kappa shape index (κ3) is 2.93. The van der Waals surface area contributed by atoms with Gasteiger partial charge in [0, 0.05) is 19.6 Å². The van der Waals surface area contributed by atoms with E-state index < -0.39 is 12.1 Å². The van der Waals surface area contributed by atoms with E-state index >= 15 is 0 Å². The van der Waals surface area contributed by atoms with E-state index in [4.69, 9.17) is 10.5 Å². The Kier molecular flexibility index (Phi) is 5.37. The summed E-state index contributed by atoms with van der Waals surface area (Å²) in [5.74, 6) is -0.116. The highest BCUT2D eigenvalue weighted by Gasteiger charge is 2.36. The van der Waals surface area contributed by atoms with Crippen molar-refractivity contribution in [3.8, 4) is 0 Å². The summed E-state index contributed by atoms with van der Waals surface area (Å²) in [5.41, 5.74) is 5.65. The zero-order valence-electron chi connectivity index (χ0n) is 10.5. The molecule has 0 aromatic rings. The minimum absolute atomic E-state index is 0. The molecule has 104 valence electrons. The quantitative estimate of drug-likeness (QED) is 0.718. The van der Waals surface area contributed by atoms with Crippen LogP contribution in [0, 0.1) is 0 Å². The molecule has 2 heterocycles. The Balaban J connectivity index is 0.00000162. The minimum atomic E-state index is -0.435. The van der Waals surface area contributed by atoms with Crippen molar-refractivity contribution in [2.24, 2.45) is 5.73 Å². The van der Waals surface area contributed by atoms with Crippen LogP contribution in [0.2, 0.25) is 0 Å². The topological polar surface area (TPSA) is 75.9 Å². The predicted octanol–water partition coefficient (Wildman–Crippen LogP) is -0.785. The van der Waals surface area contributed by atoms with Crippen molar-refractivity contribution in [2.45, 2.75) is 25.4 Å². The van der Waals surface area contributed by atoms with E-state index in [2.05, 4.69) is 0 Å². The molecular formula is C11H20ClN3O3. The number of carbonyl (C=O) groups is 2. The van der Waals surface area contributed by atoms with Gasteiger partial charge in [0.05, 0.1) is 19.3 Å². The van der Waals surface area contributed by atoms with Crippen molar-refractivity contribution in [3.63, 3.8) is 0 Å². The summed E-state index contributed by atoms with van der Waals surface area (Å²) >= 11 is 0. The lowest BCUT2D eigenvalue weighted by molar-refractivity contribution is -0.145. The van der Waals surface area contributed by atoms with E-state index in [1.165, 1.54) is 0 Å². The van der Waals surface area contributed by atoms with Gasteiger partial charge in [-0.2, -0.15) is 0 Å². The molecule has 0 aromatic heterocycles. The largest absolute Gasteiger partial charge is 0.378 e. The van der Waals surface area contributed by atoms with Gasteiger partial charge in [-0.1, -0.05) is 0 Å². The molecule has 2 amide bonds. The van der Waals surface area contributed by atoms with Gasteiger partial charge in [0.1, 0.15) is 6.04 Å². The van der Waals surface area contributed by atoms with E-state index in [1.807, 2.05) is 0 Å². The molecule has 2 N–H and O–H groups in total. The Morgan fingerprint density at radius 1 is 1.39 bits per heavy atom. The molecule has 6 nitrogen and oxygen atoms in total. The molecule has 2 fully saturated rings. The lowest BCUT2D eigenvalue weighted by Gasteiger charge is -2.32. The maximum absolute atomic E-state index is 12.2. The van der Waals surface area contributed by atoms with E-state index in [0.717, 1.165) is 0 Å². The average Bonchev–Trinajstić information content (AvgIpc) is 2.69. The van der Waals surface area contributed by atoms with Crippen LogP contribution in [-0.2, 0) is 14.3 Å². The molecule has 2 aliphatic heterocycles. The number of nitrogens with zero attached hydrogens (tertiary/aromatic N) is 2. The SMILES string of the molecule is C[C@@H](C(=O)N1CCOCC1)N1CC[C@H](N)C1=O.Cl. The molecule has 2 rings (SSSR count). The number of carbonyl (C=O) groups excluding carboxylic acids is 2. The minimum Gasteiger partial charge on any atom is -0.378 e. The van der Waals surface area contributed by atoms with Crippen LogP contribution < -0.4 is 5.73 Å². The summed E-state index contributed by atoms with van der Waals surface area (Å²) in [7, 11) is 0. The Labute approximate surface area is 113 Å². The van der Waals surface area contributed by atoms with Crippen molar-refractivity contribution < 1.29 is 14.3 Å². The van der Waals surface area contributed by atoms with Gasteiger partial charge in [-0.15, -0.1) is 12.4 Å². The van der Waals surface area contributed by atoms with Gasteiger partial charge < -0.3 is 20.3 Å². The molecule has 0 aliphatic carbocycles. The van der Waals surface area contributed by atoms with Crippen molar-refractivity contribution in [3.05, 3.63) is 0 Å². The molecular weight excluding hydrogens is 258 g/mol. The number of ether oxygens (including phenoxy) is 1. The van der Waals surface area contributed by atoms with Crippen LogP contribution in [-0.4, -0.2) is 66.5 Å². The van der Waals surface area contributed by atoms with Crippen molar-refractivity contribution in [2.75, 3.05) is 32.8 Å². The maximum atomic E-state index is 12.2. The van der Waals surface area contributed by atoms with E-state index in [0.29, 0.717) is 39.3 Å². The second-order valence-electron chi connectivity index (χ2n) is 4.54. The molecule has 2 saturated heterocycles. The van der Waals surface area contributed by atoms with Crippen LogP contribution >= 0.6 is 12.4 Å². The van der Waals surface area contributed by atoms with Crippen LogP contribution in [0.4, 0.5) is 0 Å². The highest BCUT2D eigenvalue weighted by Crippen LogP contribution is 2.15. The van der Waals surface area contributed by atoms with E-state index in [1.54, 1.807) is 16.7 Å². The summed E-state index contributed by atoms with van der Waals surface area (Å²) in [6, 6.07) is -0.843. The second kappa shape index (κ2) is 6.36. The van der Waals surface area contributed by atoms with Crippen LogP contribution in [0.1, 0.15) is 13.3 Å². The molecule has 0 saturated carbocycles. The summed E-state index contributed by atoms with van der Waals surface area (Å²) < 4.78 is 5.20. The summed E-state index contributed by atoms with van der Waals surface area (Å²) in [4.78, 5) is 27.3. The third-order valence-corrected chi connectivity index (χ3v) is 3.43. The van der Waals surface area contributed by atoms with Gasteiger partial charge in [-0.05, 0) is 13.3 Å². The monoisotopic (exact) mass is 277 g/mol. The standard InChI is InChI=1S/C11H19N3O3.ClH/c1-8(14-3-2-9(12)11(14)16)10(15)13-4-6-17-7-5-13;/h8-9H,2-7,12H2,1H3;1H/t8-,9-;/m0./s1. The van der Waals surface area contributed by atoms with Gasteiger partial charge >= 0.3 is 0 Å². The fourth-order valence-corrected chi connectivity index (χ4v) is 2.29. The molecule has 0 radical (unpaired) electrons. The Morgan fingerprint density at radius 2 is 2.00 bits per heavy atom. The lowest BCUT2D eigenvalue weighted by Crippen LogP contribution is -2.52. The number of nitrogens with two attached hydrogens (primary N) is 1. The number of halogens is 1. The molecule has 0 spiro atoms. The number of rotatable bonds is 2. The van der Waals surface area contributed by atoms with Crippen molar-refractivity contribution in [1.82, 2.24) is 9.80 Å². The van der Waals surface area contributed by atoms with Gasteiger partial charge in [0.2, 0.25) is 11.8 Å². The lowest BCUT2D eigenvalue weighted by atomic mass is 10.2. The summed E-state index contributed by atoms with van der Waals surface area (Å²) in [5, 5.41) is 0. The predicted molar refractivity (Wildman–Crippen MR) is 68.4 cm³/mol. The van der Waals surface area contributed by atoms with Crippen molar-refractivity contribution in [1.29, 1.82) is 0 Å². The Bertz CT molecular complexity index is 321. The fraction of sp³-hybridized carbons (Fsp3) is 0.818. The first-order valence-corrected chi connectivity index (χ1v) is 6.04. The Hall–Kier alpha value is -0.850. The zero-order chi connectivity index (χ0) is 12.4. The van der Waals surface area contributed by atoms with Crippen LogP contribution in [0.15, 0.2) is 0 Å². The molecule has 2 aliphatic rings. The van der Waals surface area contributed by atoms with E-state index in [-0.39, 0.29) is 24.2 Å². The summed E-state index contributed by atoms with van der Waals surface area (Å²) in [6.07, 6.45) is 0.638. The van der Waals surface area contributed by atoms with Crippen LogP contribution in [0.3, 0.4) is 0 Å². The summed E-state index contributed by atoms with van der Waals surface area (Å²) in [6.45, 7) is 4.72. The molecule has 0 unspecified atom stereocenters. The average molecular weight is 278 g/mol. The van der Waals surface area contributed by atoms with Gasteiger partial charge in [-0.3, -0.25) is 9.59 Å².